The number of nitrogens with zero attached hydrogens (tertiary/aromatic N) is 3. The van der Waals surface area contributed by atoms with Crippen molar-refractivity contribution in [3.8, 4) is 0 Å². The van der Waals surface area contributed by atoms with Crippen LogP contribution in [-0.2, 0) is 27.5 Å². The Morgan fingerprint density at radius 1 is 1.21 bits per heavy atom. The van der Waals surface area contributed by atoms with Crippen LogP contribution in [0.15, 0.2) is 53.5 Å². The zero-order chi connectivity index (χ0) is 28.5. The Labute approximate surface area is 225 Å². The highest BCUT2D eigenvalue weighted by atomic mass is 16.5. The van der Waals surface area contributed by atoms with Crippen molar-refractivity contribution in [2.24, 2.45) is 0 Å². The fourth-order valence-electron chi connectivity index (χ4n) is 3.74. The number of H-pyrrole nitrogens is 1. The standard InChI is InChI=1S/C27H34N6O6/c1-17(2)39-16-18-9-7-11-19-24(18)31-22(28-19)15-33-14-8-12-21(26(33)36)29-25(35)20(30-27(37)38)10-5-6-13-23(34)32(3)4/h6-9,11-14,17,20,30H,5,10,15-16H2,1-4H3,(H,28,31)(H,29,35)(H,37,38)/b13-6+. The van der Waals surface area contributed by atoms with Gasteiger partial charge in [-0.2, -0.15) is 0 Å². The van der Waals surface area contributed by atoms with Crippen LogP contribution in [0.3, 0.4) is 0 Å². The maximum atomic E-state index is 13.1. The molecule has 1 unspecified atom stereocenters. The summed E-state index contributed by atoms with van der Waals surface area (Å²) < 4.78 is 7.11. The van der Waals surface area contributed by atoms with E-state index < -0.39 is 23.6 Å². The summed E-state index contributed by atoms with van der Waals surface area (Å²) in [5.74, 6) is -0.355. The predicted molar refractivity (Wildman–Crippen MR) is 146 cm³/mol. The first-order valence-electron chi connectivity index (χ1n) is 12.5. The SMILES string of the molecule is CC(C)OCc1cccc2[nH]c(Cn3cccc(NC(=O)C(CC/C=C/C(=O)N(C)C)NC(=O)O)c3=O)nc12. The zero-order valence-corrected chi connectivity index (χ0v) is 22.4. The van der Waals surface area contributed by atoms with E-state index in [0.717, 1.165) is 16.6 Å². The lowest BCUT2D eigenvalue weighted by Gasteiger charge is -2.16. The number of imidazole rings is 1. The minimum Gasteiger partial charge on any atom is -0.465 e. The highest BCUT2D eigenvalue weighted by molar-refractivity contribution is 5.96. The van der Waals surface area contributed by atoms with E-state index in [0.29, 0.717) is 12.4 Å². The second kappa shape index (κ2) is 13.4. The normalized spacial score (nSPS) is 12.1. The van der Waals surface area contributed by atoms with Gasteiger partial charge in [0, 0.05) is 25.9 Å². The van der Waals surface area contributed by atoms with E-state index in [-0.39, 0.29) is 37.1 Å². The van der Waals surface area contributed by atoms with Crippen molar-refractivity contribution in [1.29, 1.82) is 0 Å². The van der Waals surface area contributed by atoms with E-state index in [1.165, 1.54) is 21.6 Å². The zero-order valence-electron chi connectivity index (χ0n) is 22.4. The van der Waals surface area contributed by atoms with Crippen molar-refractivity contribution in [3.63, 3.8) is 0 Å². The maximum Gasteiger partial charge on any atom is 0.405 e. The summed E-state index contributed by atoms with van der Waals surface area (Å²) >= 11 is 0. The first-order valence-corrected chi connectivity index (χ1v) is 12.5. The van der Waals surface area contributed by atoms with Gasteiger partial charge >= 0.3 is 6.09 Å². The van der Waals surface area contributed by atoms with Crippen LogP contribution in [0.2, 0.25) is 0 Å². The maximum absolute atomic E-state index is 13.1. The molecular formula is C27H34N6O6. The molecule has 39 heavy (non-hydrogen) atoms. The number of hydrogen-bond acceptors (Lipinski definition) is 6. The van der Waals surface area contributed by atoms with Gasteiger partial charge in [0.25, 0.3) is 5.56 Å². The summed E-state index contributed by atoms with van der Waals surface area (Å²) in [7, 11) is 3.21. The lowest BCUT2D eigenvalue weighted by atomic mass is 10.1. The van der Waals surface area contributed by atoms with Crippen molar-refractivity contribution >= 4 is 34.6 Å². The van der Waals surface area contributed by atoms with Crippen LogP contribution in [-0.4, -0.2) is 68.7 Å². The Morgan fingerprint density at radius 2 is 1.97 bits per heavy atom. The summed E-state index contributed by atoms with van der Waals surface area (Å²) in [4.78, 5) is 58.1. The number of allylic oxidation sites excluding steroid dienone is 1. The molecule has 0 spiro atoms. The first kappa shape index (κ1) is 29.1. The van der Waals surface area contributed by atoms with Crippen LogP contribution in [0.5, 0.6) is 0 Å². The number of carboxylic acid groups (broad SMARTS) is 1. The molecule has 0 saturated heterocycles. The number of carbonyl (C=O) groups is 3. The number of benzene rings is 1. The lowest BCUT2D eigenvalue weighted by molar-refractivity contribution is -0.123. The molecular weight excluding hydrogens is 504 g/mol. The van der Waals surface area contributed by atoms with Gasteiger partial charge in [0.15, 0.2) is 0 Å². The van der Waals surface area contributed by atoms with Crippen LogP contribution >= 0.6 is 0 Å². The van der Waals surface area contributed by atoms with E-state index >= 15 is 0 Å². The molecule has 0 bridgehead atoms. The number of nitrogens with one attached hydrogen (secondary N) is 3. The number of amides is 3. The molecule has 0 radical (unpaired) electrons. The minimum atomic E-state index is -1.38. The van der Waals surface area contributed by atoms with Crippen LogP contribution in [0, 0.1) is 0 Å². The highest BCUT2D eigenvalue weighted by Crippen LogP contribution is 2.18. The van der Waals surface area contributed by atoms with Gasteiger partial charge in [-0.25, -0.2) is 9.78 Å². The summed E-state index contributed by atoms with van der Waals surface area (Å²) in [5.41, 5.74) is 2.03. The Kier molecular flexibility index (Phi) is 9.98. The van der Waals surface area contributed by atoms with E-state index in [4.69, 9.17) is 9.84 Å². The fraction of sp³-hybridized carbons (Fsp3) is 0.370. The van der Waals surface area contributed by atoms with Gasteiger partial charge in [0.1, 0.15) is 17.6 Å². The van der Waals surface area contributed by atoms with Crippen molar-refractivity contribution < 1.29 is 24.2 Å². The number of pyridine rings is 1. The summed E-state index contributed by atoms with van der Waals surface area (Å²) in [5, 5.41) is 13.9. The van der Waals surface area contributed by atoms with E-state index in [1.54, 1.807) is 32.4 Å². The predicted octanol–water partition coefficient (Wildman–Crippen LogP) is 2.70. The van der Waals surface area contributed by atoms with Crippen LogP contribution < -0.4 is 16.2 Å². The molecule has 1 aromatic carbocycles. The van der Waals surface area contributed by atoms with Crippen molar-refractivity contribution in [2.45, 2.75) is 52.0 Å². The Bertz CT molecular complexity index is 1410. The third-order valence-electron chi connectivity index (χ3n) is 5.75. The topological polar surface area (TPSA) is 159 Å². The summed E-state index contributed by atoms with van der Waals surface area (Å²) in [6.07, 6.45) is 3.55. The van der Waals surface area contributed by atoms with Crippen LogP contribution in [0.25, 0.3) is 11.0 Å². The van der Waals surface area contributed by atoms with Gasteiger partial charge in [-0.3, -0.25) is 14.4 Å². The molecule has 0 aliphatic carbocycles. The average molecular weight is 539 g/mol. The fourth-order valence-corrected chi connectivity index (χ4v) is 3.74. The molecule has 2 heterocycles. The second-order valence-corrected chi connectivity index (χ2v) is 9.42. The third-order valence-corrected chi connectivity index (χ3v) is 5.75. The number of likely N-dealkylation sites (N-methyl/N-ethyl adjacent to an activating group) is 1. The van der Waals surface area contributed by atoms with Crippen molar-refractivity contribution in [1.82, 2.24) is 24.8 Å². The molecule has 0 aliphatic heterocycles. The van der Waals surface area contributed by atoms with Gasteiger partial charge < -0.3 is 34.9 Å². The summed E-state index contributed by atoms with van der Waals surface area (Å²) in [6, 6.07) is 7.67. The molecule has 0 saturated carbocycles. The molecule has 2 aromatic heterocycles. The van der Waals surface area contributed by atoms with Crippen molar-refractivity contribution in [3.05, 3.63) is 70.4 Å². The highest BCUT2D eigenvalue weighted by Gasteiger charge is 2.21. The number of aromatic amines is 1. The molecule has 4 N–H and O–H groups in total. The van der Waals surface area contributed by atoms with E-state index in [1.807, 2.05) is 32.0 Å². The number of fused-ring (bicyclic) bond motifs is 1. The number of anilines is 1. The number of rotatable bonds is 12. The average Bonchev–Trinajstić information content (AvgIpc) is 3.29. The second-order valence-electron chi connectivity index (χ2n) is 9.42. The number of ether oxygens (including phenoxy) is 1. The van der Waals surface area contributed by atoms with Crippen LogP contribution in [0.1, 0.15) is 38.1 Å². The molecule has 1 atom stereocenters. The number of aromatic nitrogens is 3. The quantitative estimate of drug-likeness (QED) is 0.258. The smallest absolute Gasteiger partial charge is 0.405 e. The molecule has 12 heteroatoms. The molecule has 0 fully saturated rings. The molecule has 3 amide bonds. The largest absolute Gasteiger partial charge is 0.465 e. The van der Waals surface area contributed by atoms with Gasteiger partial charge in [-0.15, -0.1) is 0 Å². The number of para-hydroxylation sites is 1. The minimum absolute atomic E-state index is 0.000139. The van der Waals surface area contributed by atoms with Crippen LogP contribution in [0.4, 0.5) is 10.5 Å². The van der Waals surface area contributed by atoms with E-state index in [2.05, 4.69) is 20.6 Å². The lowest BCUT2D eigenvalue weighted by Crippen LogP contribution is -2.44. The molecule has 3 rings (SSSR count). The van der Waals surface area contributed by atoms with Gasteiger partial charge in [0.2, 0.25) is 11.8 Å². The molecule has 12 nitrogen and oxygen atoms in total. The molecule has 208 valence electrons. The Balaban J connectivity index is 1.73. The number of carbonyl (C=O) groups excluding carboxylic acids is 2. The summed E-state index contributed by atoms with van der Waals surface area (Å²) in [6.45, 7) is 4.46. The molecule has 3 aromatic rings. The first-order chi connectivity index (χ1) is 18.5. The monoisotopic (exact) mass is 538 g/mol. The van der Waals surface area contributed by atoms with Gasteiger partial charge in [-0.1, -0.05) is 18.2 Å². The third kappa shape index (κ3) is 8.27. The molecule has 0 aliphatic rings. The van der Waals surface area contributed by atoms with Gasteiger partial charge in [-0.05, 0) is 51.0 Å². The Hall–Kier alpha value is -4.45. The van der Waals surface area contributed by atoms with E-state index in [9.17, 15) is 19.2 Å². The number of hydrogen-bond donors (Lipinski definition) is 4. The van der Waals surface area contributed by atoms with Crippen molar-refractivity contribution in [2.75, 3.05) is 19.4 Å². The Morgan fingerprint density at radius 3 is 2.67 bits per heavy atom. The van der Waals surface area contributed by atoms with Gasteiger partial charge in [0.05, 0.1) is 30.3 Å².